The van der Waals surface area contributed by atoms with E-state index in [1.54, 1.807) is 0 Å². The van der Waals surface area contributed by atoms with Crippen LogP contribution in [0, 0.1) is 11.8 Å². The Kier molecular flexibility index (Phi) is 6.62. The van der Waals surface area contributed by atoms with Crippen LogP contribution in [0.2, 0.25) is 8.87 Å². The molecule has 3 nitrogen and oxygen atoms in total. The van der Waals surface area contributed by atoms with Crippen LogP contribution in [0.1, 0.15) is 27.7 Å². The van der Waals surface area contributed by atoms with Gasteiger partial charge in [0.1, 0.15) is 0 Å². The summed E-state index contributed by atoms with van der Waals surface area (Å²) in [5, 5.41) is 3.32. The third kappa shape index (κ3) is 5.34. The Morgan fingerprint density at radius 1 is 0.938 bits per heavy atom. The zero-order chi connectivity index (χ0) is 12.0. The van der Waals surface area contributed by atoms with E-state index in [0.717, 1.165) is 26.3 Å². The Morgan fingerprint density at radius 3 is 1.75 bits per heavy atom. The molecule has 1 rings (SSSR count). The van der Waals surface area contributed by atoms with E-state index in [4.69, 9.17) is 6.15 Å². The predicted octanol–water partition coefficient (Wildman–Crippen LogP) is 2.38. The van der Waals surface area contributed by atoms with Crippen molar-refractivity contribution < 1.29 is 6.15 Å². The van der Waals surface area contributed by atoms with Gasteiger partial charge in [0.2, 0.25) is 0 Å². The maximum atomic E-state index is 6.22. The van der Waals surface area contributed by atoms with E-state index in [-0.39, 0.29) is 0 Å². The van der Waals surface area contributed by atoms with Crippen LogP contribution < -0.4 is 5.32 Å². The van der Waals surface area contributed by atoms with Crippen molar-refractivity contribution in [2.45, 2.75) is 36.6 Å². The van der Waals surface area contributed by atoms with E-state index < -0.39 is 19.2 Å². The van der Waals surface area contributed by atoms with Crippen LogP contribution in [-0.4, -0.2) is 45.5 Å². The Hall–Kier alpha value is 0.679. The second-order valence-electron chi connectivity index (χ2n) is 5.55. The molecule has 1 aliphatic heterocycles. The molecule has 16 heavy (non-hydrogen) atoms. The maximum absolute atomic E-state index is 6.22. The molecule has 0 saturated carbocycles. The first-order valence-electron chi connectivity index (χ1n) is 6.53. The first-order chi connectivity index (χ1) is 7.54. The normalized spacial score (nSPS) is 22.1. The van der Waals surface area contributed by atoms with Gasteiger partial charge in [-0.1, -0.05) is 0 Å². The first kappa shape index (κ1) is 14.7. The number of hydrogen-bond acceptors (Lipinski definition) is 3. The minimum atomic E-state index is -2.74. The van der Waals surface area contributed by atoms with Crippen LogP contribution in [0.3, 0.4) is 0 Å². The molecule has 4 heteroatoms. The molecule has 1 fully saturated rings. The summed E-state index contributed by atoms with van der Waals surface area (Å²) in [7, 11) is 0. The van der Waals surface area contributed by atoms with Crippen molar-refractivity contribution in [1.82, 2.24) is 5.32 Å². The second kappa shape index (κ2) is 7.19. The summed E-state index contributed by atoms with van der Waals surface area (Å²) in [6, 6.07) is 0. The molecule has 1 saturated heterocycles. The van der Waals surface area contributed by atoms with E-state index >= 15 is 0 Å². The van der Waals surface area contributed by atoms with Crippen LogP contribution in [0.4, 0.5) is 0 Å². The van der Waals surface area contributed by atoms with E-state index in [2.05, 4.69) is 33.0 Å². The van der Waals surface area contributed by atoms with Crippen molar-refractivity contribution in [1.29, 1.82) is 0 Å². The van der Waals surface area contributed by atoms with E-state index in [1.165, 1.54) is 8.87 Å². The third-order valence-corrected chi connectivity index (χ3v) is 15.1. The quantitative estimate of drug-likeness (QED) is 0.800. The Labute approximate surface area is 105 Å². The van der Waals surface area contributed by atoms with Crippen LogP contribution >= 0.6 is 0 Å². The first-order valence-corrected chi connectivity index (χ1v) is 12.9. The van der Waals surface area contributed by atoms with Gasteiger partial charge in [0.25, 0.3) is 0 Å². The van der Waals surface area contributed by atoms with E-state index in [1.807, 2.05) is 0 Å². The molecule has 0 amide bonds. The average Bonchev–Trinajstić information content (AvgIpc) is 2.09. The summed E-state index contributed by atoms with van der Waals surface area (Å²) in [5.74, 6) is 1.39. The van der Waals surface area contributed by atoms with Crippen LogP contribution in [0.5, 0.6) is 0 Å². The zero-order valence-corrected chi connectivity index (χ0v) is 14.1. The summed E-state index contributed by atoms with van der Waals surface area (Å²) in [6.07, 6.45) is 0. The molecule has 1 aliphatic rings. The number of rotatable bonds is 4. The molecule has 0 bridgehead atoms. The Morgan fingerprint density at radius 2 is 1.38 bits per heavy atom. The summed E-state index contributed by atoms with van der Waals surface area (Å²) < 4.78 is 14.8. The van der Waals surface area contributed by atoms with Crippen molar-refractivity contribution >= 4 is 19.2 Å². The van der Waals surface area contributed by atoms with Gasteiger partial charge in [0, 0.05) is 0 Å². The fourth-order valence-corrected chi connectivity index (χ4v) is 14.2. The van der Waals surface area contributed by atoms with E-state index in [0.29, 0.717) is 11.8 Å². The topological polar surface area (TPSA) is 30.5 Å². The van der Waals surface area contributed by atoms with Crippen molar-refractivity contribution in [3.8, 4) is 0 Å². The average molecular weight is 336 g/mol. The minimum absolute atomic E-state index is 0.696. The monoisotopic (exact) mass is 337 g/mol. The van der Waals surface area contributed by atoms with Gasteiger partial charge in [0.15, 0.2) is 0 Å². The summed E-state index contributed by atoms with van der Waals surface area (Å²) in [5.41, 5.74) is 0. The van der Waals surface area contributed by atoms with Gasteiger partial charge in [-0.25, -0.2) is 0 Å². The standard InChI is InChI=1S/C4H9NO2.2C4H9.Sn/c6-3-1-5-2-4-7;2*1-4(2)3;/h5H,1-4H2;2*4H,1H2,2-3H3;/q-2;;;+2. The summed E-state index contributed by atoms with van der Waals surface area (Å²) in [4.78, 5) is 0. The molecule has 0 radical (unpaired) electrons. The Balaban J connectivity index is 2.64. The van der Waals surface area contributed by atoms with Gasteiger partial charge in [-0.2, -0.15) is 0 Å². The molecule has 0 spiro atoms. The predicted molar refractivity (Wildman–Crippen MR) is 69.8 cm³/mol. The van der Waals surface area contributed by atoms with Gasteiger partial charge in [0.05, 0.1) is 0 Å². The molecule has 0 aromatic heterocycles. The third-order valence-electron chi connectivity index (χ3n) is 2.73. The van der Waals surface area contributed by atoms with Gasteiger partial charge >= 0.3 is 105 Å². The van der Waals surface area contributed by atoms with Gasteiger partial charge in [-0.05, 0) is 0 Å². The number of nitrogens with one attached hydrogen (secondary N) is 1. The summed E-state index contributed by atoms with van der Waals surface area (Å²) >= 11 is -2.74. The molecule has 0 aromatic carbocycles. The van der Waals surface area contributed by atoms with Gasteiger partial charge in [-0.15, -0.1) is 0 Å². The SMILES string of the molecule is CC(C)[CH2][Sn]1([CH2]C(C)C)[O]CCNCC[O]1. The molecular formula is C12H27NO2Sn. The fraction of sp³-hybridized carbons (Fsp3) is 1.00. The number of hydrogen-bond donors (Lipinski definition) is 1. The molecule has 0 aliphatic carbocycles. The molecule has 1 heterocycles. The van der Waals surface area contributed by atoms with E-state index in [9.17, 15) is 0 Å². The van der Waals surface area contributed by atoms with Crippen molar-refractivity contribution in [3.05, 3.63) is 0 Å². The van der Waals surface area contributed by atoms with Crippen molar-refractivity contribution in [2.75, 3.05) is 26.3 Å². The summed E-state index contributed by atoms with van der Waals surface area (Å²) in [6.45, 7) is 12.8. The molecule has 0 atom stereocenters. The molecule has 0 aromatic rings. The molecule has 1 N–H and O–H groups in total. The second-order valence-corrected chi connectivity index (χ2v) is 14.7. The van der Waals surface area contributed by atoms with Crippen molar-refractivity contribution in [2.24, 2.45) is 11.8 Å². The van der Waals surface area contributed by atoms with Gasteiger partial charge < -0.3 is 0 Å². The fourth-order valence-electron chi connectivity index (χ4n) is 2.35. The zero-order valence-electron chi connectivity index (χ0n) is 11.2. The molecule has 0 unspecified atom stereocenters. The van der Waals surface area contributed by atoms with Crippen molar-refractivity contribution in [3.63, 3.8) is 0 Å². The van der Waals surface area contributed by atoms with Crippen LogP contribution in [0.25, 0.3) is 0 Å². The van der Waals surface area contributed by atoms with Crippen LogP contribution in [0.15, 0.2) is 0 Å². The van der Waals surface area contributed by atoms with Crippen LogP contribution in [-0.2, 0) is 6.15 Å². The molecular weight excluding hydrogens is 309 g/mol. The van der Waals surface area contributed by atoms with Gasteiger partial charge in [-0.3, -0.25) is 0 Å². The Bertz CT molecular complexity index is 177. The molecule has 96 valence electrons.